The lowest BCUT2D eigenvalue weighted by Gasteiger charge is -2.31. The second-order valence-corrected chi connectivity index (χ2v) is 16.5. The molecule has 4 rings (SSSR count). The molecule has 0 N–H and O–H groups in total. The minimum Gasteiger partial charge on any atom is -0.360 e. The number of nitrogens with zero attached hydrogens (tertiary/aromatic N) is 5. The molecule has 1 unspecified atom stereocenters. The molecule has 0 saturated heterocycles. The van der Waals surface area contributed by atoms with Crippen LogP contribution >= 0.6 is 11.6 Å². The van der Waals surface area contributed by atoms with Crippen molar-refractivity contribution in [2.24, 2.45) is 0 Å². The molecule has 13 heteroatoms. The summed E-state index contributed by atoms with van der Waals surface area (Å²) in [5.74, 6) is -1.21. The van der Waals surface area contributed by atoms with Crippen molar-refractivity contribution in [1.82, 2.24) is 24.6 Å². The minimum absolute atomic E-state index is 0.0428. The Morgan fingerprint density at radius 1 is 1.21 bits per heavy atom. The second kappa shape index (κ2) is 10.7. The number of carbonyl (C=O) groups excluding carboxylic acids is 1. The first kappa shape index (κ1) is 28.2. The maximum atomic E-state index is 13.5. The molecule has 2 aromatic heterocycles. The van der Waals surface area contributed by atoms with E-state index < -0.39 is 36.6 Å². The highest BCUT2D eigenvalue weighted by molar-refractivity contribution is 6.76. The van der Waals surface area contributed by atoms with Crippen LogP contribution in [0.15, 0.2) is 30.6 Å². The third-order valence-corrected chi connectivity index (χ3v) is 8.37. The van der Waals surface area contributed by atoms with Crippen molar-refractivity contribution in [2.75, 3.05) is 13.2 Å². The molecule has 204 valence electrons. The molecule has 1 aliphatic heterocycles. The number of rotatable bonds is 7. The van der Waals surface area contributed by atoms with Crippen LogP contribution in [0.4, 0.5) is 17.6 Å². The zero-order valence-electron chi connectivity index (χ0n) is 21.4. The highest BCUT2D eigenvalue weighted by Crippen LogP contribution is 2.39. The zero-order valence-corrected chi connectivity index (χ0v) is 23.2. The molecule has 0 saturated carbocycles. The lowest BCUT2D eigenvalue weighted by Crippen LogP contribution is -2.37. The molecule has 1 aromatic carbocycles. The first-order chi connectivity index (χ1) is 17.8. The van der Waals surface area contributed by atoms with Gasteiger partial charge in [0.15, 0.2) is 11.6 Å². The van der Waals surface area contributed by atoms with Gasteiger partial charge in [-0.15, -0.1) is 0 Å². The van der Waals surface area contributed by atoms with Gasteiger partial charge in [-0.25, -0.2) is 19.0 Å². The highest BCUT2D eigenvalue weighted by Gasteiger charge is 2.37. The Kier molecular flexibility index (Phi) is 7.96. The van der Waals surface area contributed by atoms with Gasteiger partial charge >= 0.3 is 6.18 Å². The molecule has 0 fully saturated rings. The number of hydrogen-bond acceptors (Lipinski definition) is 5. The number of alkyl halides is 3. The molecule has 0 bridgehead atoms. The largest absolute Gasteiger partial charge is 0.417 e. The summed E-state index contributed by atoms with van der Waals surface area (Å²) in [6.07, 6.45) is -2.55. The maximum absolute atomic E-state index is 13.5. The summed E-state index contributed by atoms with van der Waals surface area (Å²) < 4.78 is 61.1. The SMILES string of the molecule is CC1CN(C(=O)c2cccc(C(F)(F)F)c2Cl)Cc2nn(COCC[Si](C)(C)C)c(-c3ncc(F)cn3)c21. The number of carbonyl (C=O) groups is 1. The van der Waals surface area contributed by atoms with Crippen molar-refractivity contribution in [2.45, 2.75) is 58.0 Å². The predicted octanol–water partition coefficient (Wildman–Crippen LogP) is 6.22. The van der Waals surface area contributed by atoms with Gasteiger partial charge in [0.05, 0.1) is 40.8 Å². The van der Waals surface area contributed by atoms with Crippen LogP contribution in [0.5, 0.6) is 0 Å². The van der Waals surface area contributed by atoms with Gasteiger partial charge in [-0.1, -0.05) is 44.2 Å². The average Bonchev–Trinajstić information content (AvgIpc) is 3.19. The van der Waals surface area contributed by atoms with E-state index in [1.165, 1.54) is 11.0 Å². The Hall–Kier alpha value is -2.83. The van der Waals surface area contributed by atoms with E-state index in [9.17, 15) is 22.4 Å². The number of aromatic nitrogens is 4. The van der Waals surface area contributed by atoms with Gasteiger partial charge in [-0.05, 0) is 18.2 Å². The van der Waals surface area contributed by atoms with Crippen molar-refractivity contribution in [3.63, 3.8) is 0 Å². The fourth-order valence-electron chi connectivity index (χ4n) is 4.36. The summed E-state index contributed by atoms with van der Waals surface area (Å²) in [5, 5.41) is 4.03. The van der Waals surface area contributed by atoms with E-state index in [0.717, 1.165) is 36.1 Å². The number of amides is 1. The molecule has 1 aliphatic rings. The van der Waals surface area contributed by atoms with Crippen molar-refractivity contribution in [1.29, 1.82) is 0 Å². The average molecular weight is 570 g/mol. The molecule has 0 aliphatic carbocycles. The molecular weight excluding hydrogens is 542 g/mol. The quantitative estimate of drug-likeness (QED) is 0.192. The van der Waals surface area contributed by atoms with Crippen LogP contribution in [-0.4, -0.2) is 51.8 Å². The van der Waals surface area contributed by atoms with Gasteiger partial charge in [0, 0.05) is 32.7 Å². The van der Waals surface area contributed by atoms with Crippen LogP contribution < -0.4 is 0 Å². The molecule has 38 heavy (non-hydrogen) atoms. The van der Waals surface area contributed by atoms with E-state index in [-0.39, 0.29) is 37.1 Å². The number of fused-ring (bicyclic) bond motifs is 1. The standard InChI is InChI=1S/C25H28ClF4N5O2Si/c1-15-12-34(24(36)17-6-5-7-18(21(17)26)25(28,29)30)13-19-20(15)22(23-31-10-16(27)11-32-23)35(33-19)14-37-8-9-38(2,3)4/h5-7,10-11,15H,8-9,12-14H2,1-4H3. The molecule has 0 radical (unpaired) electrons. The van der Waals surface area contributed by atoms with Crippen LogP contribution in [0, 0.1) is 5.82 Å². The fraction of sp³-hybridized carbons (Fsp3) is 0.440. The van der Waals surface area contributed by atoms with Crippen LogP contribution in [0.3, 0.4) is 0 Å². The van der Waals surface area contributed by atoms with E-state index in [1.54, 1.807) is 4.68 Å². The monoisotopic (exact) mass is 569 g/mol. The summed E-state index contributed by atoms with van der Waals surface area (Å²) in [4.78, 5) is 23.0. The molecular formula is C25H28ClF4N5O2Si. The van der Waals surface area contributed by atoms with Gasteiger partial charge in [-0.3, -0.25) is 4.79 Å². The molecule has 0 spiro atoms. The smallest absolute Gasteiger partial charge is 0.360 e. The maximum Gasteiger partial charge on any atom is 0.417 e. The van der Waals surface area contributed by atoms with E-state index in [0.29, 0.717) is 18.0 Å². The summed E-state index contributed by atoms with van der Waals surface area (Å²) in [5.41, 5.74) is 0.589. The lowest BCUT2D eigenvalue weighted by atomic mass is 9.93. The first-order valence-corrected chi connectivity index (χ1v) is 16.1. The van der Waals surface area contributed by atoms with Crippen molar-refractivity contribution in [3.05, 3.63) is 63.8 Å². The molecule has 3 aromatic rings. The zero-order chi connectivity index (χ0) is 27.8. The third-order valence-electron chi connectivity index (χ3n) is 6.26. The molecule has 1 atom stereocenters. The van der Waals surface area contributed by atoms with E-state index in [4.69, 9.17) is 16.3 Å². The van der Waals surface area contributed by atoms with Crippen LogP contribution in [0.25, 0.3) is 11.5 Å². The van der Waals surface area contributed by atoms with Crippen LogP contribution in [0.1, 0.15) is 40.0 Å². The number of benzene rings is 1. The summed E-state index contributed by atoms with van der Waals surface area (Å²) in [7, 11) is -1.32. The Bertz CT molecular complexity index is 1330. The van der Waals surface area contributed by atoms with Crippen LogP contribution in [0.2, 0.25) is 30.7 Å². The Morgan fingerprint density at radius 2 is 1.89 bits per heavy atom. The molecule has 7 nitrogen and oxygen atoms in total. The first-order valence-electron chi connectivity index (χ1n) is 12.1. The normalized spacial score (nSPS) is 16.0. The topological polar surface area (TPSA) is 73.1 Å². The lowest BCUT2D eigenvalue weighted by molar-refractivity contribution is -0.137. The Labute approximate surface area is 223 Å². The number of halogens is 5. The van der Waals surface area contributed by atoms with Gasteiger partial charge in [-0.2, -0.15) is 18.3 Å². The van der Waals surface area contributed by atoms with E-state index in [2.05, 4.69) is 34.7 Å². The Morgan fingerprint density at radius 3 is 2.53 bits per heavy atom. The third kappa shape index (κ3) is 6.07. The highest BCUT2D eigenvalue weighted by atomic mass is 35.5. The number of ether oxygens (including phenoxy) is 1. The van der Waals surface area contributed by atoms with Gasteiger partial charge in [0.25, 0.3) is 5.91 Å². The van der Waals surface area contributed by atoms with Crippen molar-refractivity contribution in [3.8, 4) is 11.5 Å². The van der Waals surface area contributed by atoms with Gasteiger partial charge in [0.1, 0.15) is 12.4 Å². The molecule has 1 amide bonds. The Balaban J connectivity index is 1.66. The minimum atomic E-state index is -4.69. The summed E-state index contributed by atoms with van der Waals surface area (Å²) >= 11 is 6.02. The predicted molar refractivity (Wildman–Crippen MR) is 137 cm³/mol. The van der Waals surface area contributed by atoms with Gasteiger partial charge in [0.2, 0.25) is 0 Å². The second-order valence-electron chi connectivity index (χ2n) is 10.5. The van der Waals surface area contributed by atoms with Crippen molar-refractivity contribution < 1.29 is 27.1 Å². The van der Waals surface area contributed by atoms with E-state index >= 15 is 0 Å². The van der Waals surface area contributed by atoms with Crippen LogP contribution in [-0.2, 0) is 24.2 Å². The summed E-state index contributed by atoms with van der Waals surface area (Å²) in [6.45, 7) is 9.49. The molecule has 3 heterocycles. The van der Waals surface area contributed by atoms with E-state index in [1.807, 2.05) is 6.92 Å². The van der Waals surface area contributed by atoms with Crippen molar-refractivity contribution >= 4 is 25.6 Å². The fourth-order valence-corrected chi connectivity index (χ4v) is 5.43. The summed E-state index contributed by atoms with van der Waals surface area (Å²) in [6, 6.07) is 4.24. The number of hydrogen-bond donors (Lipinski definition) is 0. The van der Waals surface area contributed by atoms with Gasteiger partial charge < -0.3 is 9.64 Å².